The monoisotopic (exact) mass is 139 g/mol. The maximum absolute atomic E-state index is 5.97. The first-order valence-electron chi connectivity index (χ1n) is 4.30. The van der Waals surface area contributed by atoms with Gasteiger partial charge >= 0.3 is 0 Å². The van der Waals surface area contributed by atoms with Crippen molar-refractivity contribution in [3.63, 3.8) is 0 Å². The third kappa shape index (κ3) is 0.988. The van der Waals surface area contributed by atoms with Crippen molar-refractivity contribution in [2.24, 2.45) is 11.7 Å². The molecule has 0 unspecified atom stereocenters. The van der Waals surface area contributed by atoms with Gasteiger partial charge in [-0.1, -0.05) is 11.6 Å². The molecule has 1 saturated carbocycles. The van der Waals surface area contributed by atoms with E-state index in [-0.39, 0.29) is 1.43 Å². The van der Waals surface area contributed by atoms with E-state index < -0.39 is 0 Å². The molecule has 0 radical (unpaired) electrons. The van der Waals surface area contributed by atoms with Crippen molar-refractivity contribution in [2.75, 3.05) is 0 Å². The third-order valence-electron chi connectivity index (χ3n) is 2.96. The Hall–Kier alpha value is -0.300. The molecule has 1 atom stereocenters. The zero-order chi connectivity index (χ0) is 6.97. The van der Waals surface area contributed by atoms with Crippen LogP contribution in [0.15, 0.2) is 11.6 Å². The van der Waals surface area contributed by atoms with Gasteiger partial charge in [-0.3, -0.25) is 0 Å². The number of allylic oxidation sites excluding steroid dienone is 1. The summed E-state index contributed by atoms with van der Waals surface area (Å²) in [6.45, 7) is 0. The predicted octanol–water partition coefficient (Wildman–Crippen LogP) is 2.08. The summed E-state index contributed by atoms with van der Waals surface area (Å²) in [5.41, 5.74) is 7.64. The van der Waals surface area contributed by atoms with Crippen LogP contribution in [-0.4, -0.2) is 6.04 Å². The summed E-state index contributed by atoms with van der Waals surface area (Å²) in [7, 11) is 0. The van der Waals surface area contributed by atoms with E-state index in [1.807, 2.05) is 0 Å². The zero-order valence-electron chi connectivity index (χ0n) is 6.34. The van der Waals surface area contributed by atoms with Crippen molar-refractivity contribution in [2.45, 2.75) is 38.1 Å². The second kappa shape index (κ2) is 2.39. The topological polar surface area (TPSA) is 26.0 Å². The molecule has 0 heterocycles. The molecular formula is C9H17N. The van der Waals surface area contributed by atoms with Crippen LogP contribution < -0.4 is 5.73 Å². The first-order valence-corrected chi connectivity index (χ1v) is 4.30. The van der Waals surface area contributed by atoms with Gasteiger partial charge in [0.2, 0.25) is 0 Å². The van der Waals surface area contributed by atoms with Gasteiger partial charge in [0.25, 0.3) is 0 Å². The van der Waals surface area contributed by atoms with Crippen LogP contribution in [0.4, 0.5) is 0 Å². The van der Waals surface area contributed by atoms with Crippen LogP contribution in [0.25, 0.3) is 0 Å². The average molecular weight is 139 g/mol. The van der Waals surface area contributed by atoms with Crippen LogP contribution in [0.5, 0.6) is 0 Å². The summed E-state index contributed by atoms with van der Waals surface area (Å²) >= 11 is 0. The zero-order valence-corrected chi connectivity index (χ0v) is 6.34. The van der Waals surface area contributed by atoms with Gasteiger partial charge < -0.3 is 5.73 Å². The van der Waals surface area contributed by atoms with E-state index in [0.717, 1.165) is 12.3 Å². The summed E-state index contributed by atoms with van der Waals surface area (Å²) in [5, 5.41) is 0. The highest BCUT2D eigenvalue weighted by Gasteiger charge is 2.24. The fourth-order valence-electron chi connectivity index (χ4n) is 2.14. The van der Waals surface area contributed by atoms with Crippen LogP contribution in [-0.2, 0) is 0 Å². The quantitative estimate of drug-likeness (QED) is 0.511. The Morgan fingerprint density at radius 1 is 1.40 bits per heavy atom. The van der Waals surface area contributed by atoms with Gasteiger partial charge in [-0.05, 0) is 38.0 Å². The van der Waals surface area contributed by atoms with E-state index in [0.29, 0.717) is 6.04 Å². The minimum atomic E-state index is 0. The van der Waals surface area contributed by atoms with E-state index in [9.17, 15) is 0 Å². The van der Waals surface area contributed by atoms with E-state index in [4.69, 9.17) is 5.73 Å². The van der Waals surface area contributed by atoms with Crippen molar-refractivity contribution in [3.8, 4) is 0 Å². The first-order chi connectivity index (χ1) is 4.86. The fourth-order valence-corrected chi connectivity index (χ4v) is 2.14. The number of rotatable bonds is 0. The highest BCUT2D eigenvalue weighted by atomic mass is 14.7. The minimum absolute atomic E-state index is 0. The molecule has 0 aliphatic heterocycles. The largest absolute Gasteiger partial charge is 0.327 e. The summed E-state index contributed by atoms with van der Waals surface area (Å²) in [4.78, 5) is 0. The summed E-state index contributed by atoms with van der Waals surface area (Å²) in [5.74, 6) is 0.836. The number of hydrogen-bond donors (Lipinski definition) is 1. The molecule has 3 rings (SSSR count). The smallest absolute Gasteiger partial charge is 0.0102 e. The first kappa shape index (κ1) is 6.41. The predicted molar refractivity (Wildman–Crippen MR) is 44.7 cm³/mol. The molecule has 1 fully saturated rings. The Balaban J connectivity index is 0.000000605. The molecule has 3 aliphatic rings. The number of hydrogen-bond acceptors (Lipinski definition) is 1. The van der Waals surface area contributed by atoms with Crippen LogP contribution in [0.3, 0.4) is 0 Å². The molecule has 0 amide bonds. The van der Waals surface area contributed by atoms with Gasteiger partial charge in [0.1, 0.15) is 0 Å². The Kier molecular flexibility index (Phi) is 1.53. The lowest BCUT2D eigenvalue weighted by Gasteiger charge is -2.23. The molecule has 3 aliphatic carbocycles. The molecule has 0 aromatic rings. The van der Waals surface area contributed by atoms with E-state index >= 15 is 0 Å². The molecule has 10 heavy (non-hydrogen) atoms. The molecule has 1 heteroatoms. The third-order valence-corrected chi connectivity index (χ3v) is 2.96. The second-order valence-electron chi connectivity index (χ2n) is 3.60. The molecule has 0 spiro atoms. The lowest BCUT2D eigenvalue weighted by Crippen LogP contribution is -2.29. The number of fused-ring (bicyclic) bond motifs is 4. The SMILES string of the molecule is N[C@H]1CC=C2CCC1CC2.[HH]. The van der Waals surface area contributed by atoms with Gasteiger partial charge in [0.05, 0.1) is 0 Å². The summed E-state index contributed by atoms with van der Waals surface area (Å²) < 4.78 is 0. The van der Waals surface area contributed by atoms with Crippen molar-refractivity contribution >= 4 is 0 Å². The normalized spacial score (nSPS) is 39.1. The molecule has 0 saturated heterocycles. The lowest BCUT2D eigenvalue weighted by atomic mass is 9.85. The molecule has 1 nitrogen and oxygen atoms in total. The Labute approximate surface area is 63.8 Å². The van der Waals surface area contributed by atoms with Crippen molar-refractivity contribution in [1.82, 2.24) is 0 Å². The summed E-state index contributed by atoms with van der Waals surface area (Å²) in [6.07, 6.45) is 8.88. The molecule has 0 aromatic heterocycles. The maximum atomic E-state index is 5.97. The lowest BCUT2D eigenvalue weighted by molar-refractivity contribution is 0.357. The van der Waals surface area contributed by atoms with E-state index in [1.54, 1.807) is 5.57 Å². The molecule has 58 valence electrons. The van der Waals surface area contributed by atoms with Gasteiger partial charge in [-0.2, -0.15) is 0 Å². The van der Waals surface area contributed by atoms with E-state index in [1.165, 1.54) is 25.7 Å². The fraction of sp³-hybridized carbons (Fsp3) is 0.778. The summed E-state index contributed by atoms with van der Waals surface area (Å²) in [6, 6.07) is 0.472. The van der Waals surface area contributed by atoms with Gasteiger partial charge in [0, 0.05) is 7.47 Å². The van der Waals surface area contributed by atoms with Gasteiger partial charge in [-0.25, -0.2) is 0 Å². The molecular weight excluding hydrogens is 122 g/mol. The van der Waals surface area contributed by atoms with Crippen LogP contribution >= 0.6 is 0 Å². The Bertz CT molecular complexity index is 155. The minimum Gasteiger partial charge on any atom is -0.327 e. The Morgan fingerprint density at radius 3 is 2.80 bits per heavy atom. The second-order valence-corrected chi connectivity index (χ2v) is 3.60. The standard InChI is InChI=1S/C9H15N.H2/c10-9-6-3-7-1-4-8(9)5-2-7;/h3,8-9H,1-2,4-6,10H2;1H/t9-;/m0./s1. The van der Waals surface area contributed by atoms with Gasteiger partial charge in [-0.15, -0.1) is 0 Å². The van der Waals surface area contributed by atoms with Crippen LogP contribution in [0.1, 0.15) is 33.5 Å². The highest BCUT2D eigenvalue weighted by molar-refractivity contribution is 5.10. The number of nitrogens with two attached hydrogens (primary N) is 1. The van der Waals surface area contributed by atoms with Crippen LogP contribution in [0.2, 0.25) is 0 Å². The highest BCUT2D eigenvalue weighted by Crippen LogP contribution is 2.34. The van der Waals surface area contributed by atoms with E-state index in [2.05, 4.69) is 6.08 Å². The van der Waals surface area contributed by atoms with Crippen molar-refractivity contribution in [3.05, 3.63) is 11.6 Å². The van der Waals surface area contributed by atoms with Gasteiger partial charge in [0.15, 0.2) is 0 Å². The molecule has 2 bridgehead atoms. The van der Waals surface area contributed by atoms with Crippen LogP contribution in [0, 0.1) is 5.92 Å². The molecule has 2 N–H and O–H groups in total. The Morgan fingerprint density at radius 2 is 2.10 bits per heavy atom. The molecule has 0 aromatic carbocycles. The van der Waals surface area contributed by atoms with Crippen molar-refractivity contribution in [1.29, 1.82) is 0 Å². The maximum Gasteiger partial charge on any atom is 0.0102 e. The van der Waals surface area contributed by atoms with Crippen molar-refractivity contribution < 1.29 is 1.43 Å². The average Bonchev–Trinajstić information content (AvgIpc) is 2.24.